The molecule has 1 aliphatic heterocycles. The summed E-state index contributed by atoms with van der Waals surface area (Å²) in [6.45, 7) is 0.596. The number of benzene rings is 2. The number of hydrogen-bond donors (Lipinski definition) is 0. The van der Waals surface area contributed by atoms with Crippen LogP contribution in [0.1, 0.15) is 18.9 Å². The smallest absolute Gasteiger partial charge is 0.261 e. The van der Waals surface area contributed by atoms with Gasteiger partial charge in [-0.05, 0) is 37.1 Å². The van der Waals surface area contributed by atoms with Gasteiger partial charge in [0.1, 0.15) is 16.4 Å². The van der Waals surface area contributed by atoms with E-state index in [2.05, 4.69) is 4.98 Å². The second-order valence-electron chi connectivity index (χ2n) is 7.13. The van der Waals surface area contributed by atoms with E-state index in [1.165, 1.54) is 24.6 Å². The molecule has 1 fully saturated rings. The van der Waals surface area contributed by atoms with Crippen molar-refractivity contribution in [3.63, 3.8) is 0 Å². The maximum atomic E-state index is 13.2. The molecule has 9 heteroatoms. The van der Waals surface area contributed by atoms with E-state index in [4.69, 9.17) is 9.47 Å². The van der Waals surface area contributed by atoms with Gasteiger partial charge in [-0.15, -0.1) is 0 Å². The van der Waals surface area contributed by atoms with E-state index in [0.717, 1.165) is 0 Å². The molecule has 4 rings (SSSR count). The second-order valence-corrected chi connectivity index (χ2v) is 9.03. The van der Waals surface area contributed by atoms with Crippen molar-refractivity contribution in [2.75, 3.05) is 27.3 Å². The first-order valence-electron chi connectivity index (χ1n) is 9.64. The van der Waals surface area contributed by atoms with Crippen LogP contribution in [0.3, 0.4) is 0 Å². The van der Waals surface area contributed by atoms with Crippen LogP contribution in [0.15, 0.2) is 58.5 Å². The Balaban J connectivity index is 1.58. The number of methoxy groups -OCH3 is 2. The molecule has 0 unspecified atom stereocenters. The van der Waals surface area contributed by atoms with E-state index in [1.807, 2.05) is 12.1 Å². The third kappa shape index (κ3) is 3.54. The molecular weight excluding hydrogens is 406 g/mol. The van der Waals surface area contributed by atoms with E-state index in [0.29, 0.717) is 42.6 Å². The van der Waals surface area contributed by atoms with Gasteiger partial charge in [-0.25, -0.2) is 13.4 Å². The molecule has 30 heavy (non-hydrogen) atoms. The molecule has 158 valence electrons. The molecular formula is C21H23N3O5S. The van der Waals surface area contributed by atoms with Gasteiger partial charge in [-0.1, -0.05) is 12.1 Å². The third-order valence-corrected chi connectivity index (χ3v) is 7.42. The highest BCUT2D eigenvalue weighted by molar-refractivity contribution is 7.89. The highest BCUT2D eigenvalue weighted by Crippen LogP contribution is 2.33. The predicted molar refractivity (Wildman–Crippen MR) is 113 cm³/mol. The van der Waals surface area contributed by atoms with E-state index in [-0.39, 0.29) is 22.2 Å². The first kappa shape index (κ1) is 20.4. The summed E-state index contributed by atoms with van der Waals surface area (Å²) in [5, 5.41) is 0.566. The summed E-state index contributed by atoms with van der Waals surface area (Å²) in [5.74, 6) is 0.714. The average molecular weight is 429 g/mol. The SMILES string of the molecule is COc1ccc(OC)c(S(=O)(=O)N2CCC(n3cnc4ccccc4c3=O)CC2)c1. The number of fused-ring (bicyclic) bond motifs is 1. The van der Waals surface area contributed by atoms with Gasteiger partial charge in [0.25, 0.3) is 5.56 Å². The molecule has 0 radical (unpaired) electrons. The lowest BCUT2D eigenvalue weighted by atomic mass is 10.1. The molecule has 1 aliphatic rings. The molecule has 0 aliphatic carbocycles. The van der Waals surface area contributed by atoms with Gasteiger partial charge >= 0.3 is 0 Å². The molecule has 1 aromatic heterocycles. The van der Waals surface area contributed by atoms with Gasteiger partial charge in [0.2, 0.25) is 10.0 Å². The predicted octanol–water partition coefficient (Wildman–Crippen LogP) is 2.44. The quantitative estimate of drug-likeness (QED) is 0.619. The fourth-order valence-corrected chi connectivity index (χ4v) is 5.47. The number of nitrogens with zero attached hydrogens (tertiary/aromatic N) is 3. The van der Waals surface area contributed by atoms with Gasteiger partial charge in [0.15, 0.2) is 0 Å². The topological polar surface area (TPSA) is 90.7 Å². The van der Waals surface area contributed by atoms with Crippen molar-refractivity contribution in [2.24, 2.45) is 0 Å². The lowest BCUT2D eigenvalue weighted by Crippen LogP contribution is -2.41. The van der Waals surface area contributed by atoms with Gasteiger partial charge in [-0.2, -0.15) is 4.31 Å². The van der Waals surface area contributed by atoms with Gasteiger partial charge < -0.3 is 9.47 Å². The van der Waals surface area contributed by atoms with Crippen molar-refractivity contribution in [3.8, 4) is 11.5 Å². The van der Waals surface area contributed by atoms with Crippen molar-refractivity contribution >= 4 is 20.9 Å². The Hall–Kier alpha value is -2.91. The summed E-state index contributed by atoms with van der Waals surface area (Å²) in [5.41, 5.74) is 0.556. The van der Waals surface area contributed by atoms with Gasteiger partial charge in [0.05, 0.1) is 31.4 Å². The van der Waals surface area contributed by atoms with Crippen LogP contribution in [0.25, 0.3) is 10.9 Å². The molecule has 0 bridgehead atoms. The zero-order valence-electron chi connectivity index (χ0n) is 16.8. The van der Waals surface area contributed by atoms with Crippen LogP contribution in [-0.2, 0) is 10.0 Å². The van der Waals surface area contributed by atoms with Crippen LogP contribution >= 0.6 is 0 Å². The molecule has 0 saturated carbocycles. The fraction of sp³-hybridized carbons (Fsp3) is 0.333. The summed E-state index contributed by atoms with van der Waals surface area (Å²) in [6, 6.07) is 11.8. The van der Waals surface area contributed by atoms with Crippen molar-refractivity contribution in [1.29, 1.82) is 0 Å². The Morgan fingerprint density at radius 2 is 1.77 bits per heavy atom. The summed E-state index contributed by atoms with van der Waals surface area (Å²) >= 11 is 0. The van der Waals surface area contributed by atoms with Crippen LogP contribution < -0.4 is 15.0 Å². The van der Waals surface area contributed by atoms with E-state index in [1.54, 1.807) is 35.2 Å². The minimum absolute atomic E-state index is 0.0762. The Labute approximate surface area is 174 Å². The summed E-state index contributed by atoms with van der Waals surface area (Å²) in [6.07, 6.45) is 2.60. The lowest BCUT2D eigenvalue weighted by Gasteiger charge is -2.32. The molecule has 2 heterocycles. The first-order chi connectivity index (χ1) is 14.5. The largest absolute Gasteiger partial charge is 0.497 e. The Kier molecular flexibility index (Phi) is 5.48. The van der Waals surface area contributed by atoms with Crippen molar-refractivity contribution in [3.05, 3.63) is 59.1 Å². The highest BCUT2D eigenvalue weighted by Gasteiger charge is 2.32. The third-order valence-electron chi connectivity index (χ3n) is 5.50. The number of ether oxygens (including phenoxy) is 2. The Bertz CT molecular complexity index is 1230. The monoisotopic (exact) mass is 429 g/mol. The highest BCUT2D eigenvalue weighted by atomic mass is 32.2. The zero-order valence-corrected chi connectivity index (χ0v) is 17.6. The number of piperidine rings is 1. The Morgan fingerprint density at radius 1 is 1.03 bits per heavy atom. The summed E-state index contributed by atoms with van der Waals surface area (Å²) in [7, 11) is -0.841. The molecule has 0 N–H and O–H groups in total. The van der Waals surface area contributed by atoms with Gasteiger partial charge in [0, 0.05) is 25.2 Å². The van der Waals surface area contributed by atoms with E-state index < -0.39 is 10.0 Å². The average Bonchev–Trinajstić information content (AvgIpc) is 2.79. The molecule has 0 atom stereocenters. The number of hydrogen-bond acceptors (Lipinski definition) is 6. The van der Waals surface area contributed by atoms with E-state index in [9.17, 15) is 13.2 Å². The maximum Gasteiger partial charge on any atom is 0.261 e. The van der Waals surface area contributed by atoms with Crippen LogP contribution in [0.4, 0.5) is 0 Å². The fourth-order valence-electron chi connectivity index (χ4n) is 3.83. The Morgan fingerprint density at radius 3 is 2.47 bits per heavy atom. The molecule has 1 saturated heterocycles. The molecule has 3 aromatic rings. The van der Waals surface area contributed by atoms with Crippen LogP contribution in [0.5, 0.6) is 11.5 Å². The molecule has 2 aromatic carbocycles. The number of aromatic nitrogens is 2. The van der Waals surface area contributed by atoms with Crippen LogP contribution in [0.2, 0.25) is 0 Å². The molecule has 0 spiro atoms. The van der Waals surface area contributed by atoms with E-state index >= 15 is 0 Å². The van der Waals surface area contributed by atoms with Crippen molar-refractivity contribution in [1.82, 2.24) is 13.9 Å². The lowest BCUT2D eigenvalue weighted by molar-refractivity contribution is 0.268. The molecule has 0 amide bonds. The minimum Gasteiger partial charge on any atom is -0.497 e. The summed E-state index contributed by atoms with van der Waals surface area (Å²) in [4.78, 5) is 17.3. The van der Waals surface area contributed by atoms with Crippen molar-refractivity contribution in [2.45, 2.75) is 23.8 Å². The zero-order chi connectivity index (χ0) is 21.3. The first-order valence-corrected chi connectivity index (χ1v) is 11.1. The second kappa shape index (κ2) is 8.08. The van der Waals surface area contributed by atoms with Gasteiger partial charge in [-0.3, -0.25) is 9.36 Å². The minimum atomic E-state index is -3.76. The van der Waals surface area contributed by atoms with Crippen molar-refractivity contribution < 1.29 is 17.9 Å². The standard InChI is InChI=1S/C21H23N3O5S/c1-28-16-7-8-19(29-2)20(13-16)30(26,27)23-11-9-15(10-12-23)24-14-22-18-6-4-3-5-17(18)21(24)25/h3-8,13-15H,9-12H2,1-2H3. The van der Waals surface area contributed by atoms with Crippen LogP contribution in [0, 0.1) is 0 Å². The summed E-state index contributed by atoms with van der Waals surface area (Å²) < 4.78 is 39.9. The number of para-hydroxylation sites is 1. The van der Waals surface area contributed by atoms with Crippen LogP contribution in [-0.4, -0.2) is 49.6 Å². The normalized spacial score (nSPS) is 15.9. The maximum absolute atomic E-state index is 13.2. The number of sulfonamides is 1. The number of rotatable bonds is 5. The molecule has 8 nitrogen and oxygen atoms in total.